The van der Waals surface area contributed by atoms with E-state index in [1.54, 1.807) is 18.7 Å². The van der Waals surface area contributed by atoms with E-state index in [4.69, 9.17) is 5.73 Å². The second kappa shape index (κ2) is 5.38. The van der Waals surface area contributed by atoms with Gasteiger partial charge in [0.05, 0.1) is 11.0 Å². The third-order valence-electron chi connectivity index (χ3n) is 3.49. The standard InChI is InChI=1S/C16H13N7/c17-14-15(22-11-5-7-18-8-6-11)19-9-20-16(14)23-10-21-12-3-1-2-4-13(12)23/h1-10H,17H2,(H,18,19,20,22). The minimum absolute atomic E-state index is 0.451. The van der Waals surface area contributed by atoms with E-state index in [1.807, 2.05) is 41.0 Å². The summed E-state index contributed by atoms with van der Waals surface area (Å²) in [6, 6.07) is 11.5. The first-order valence-electron chi connectivity index (χ1n) is 7.03. The third-order valence-corrected chi connectivity index (χ3v) is 3.49. The monoisotopic (exact) mass is 303 g/mol. The molecular weight excluding hydrogens is 290 g/mol. The lowest BCUT2D eigenvalue weighted by Crippen LogP contribution is -2.07. The molecule has 0 aliphatic carbocycles. The minimum Gasteiger partial charge on any atom is -0.393 e. The maximum Gasteiger partial charge on any atom is 0.167 e. The average Bonchev–Trinajstić information content (AvgIpc) is 3.02. The van der Waals surface area contributed by atoms with Gasteiger partial charge in [-0.2, -0.15) is 0 Å². The number of nitrogens with one attached hydrogen (secondary N) is 1. The van der Waals surface area contributed by atoms with Crippen molar-refractivity contribution < 1.29 is 0 Å². The third kappa shape index (κ3) is 2.34. The predicted molar refractivity (Wildman–Crippen MR) is 88.6 cm³/mol. The van der Waals surface area contributed by atoms with Gasteiger partial charge in [-0.05, 0) is 24.3 Å². The second-order valence-electron chi connectivity index (χ2n) is 4.92. The first kappa shape index (κ1) is 13.2. The number of nitrogens with zero attached hydrogens (tertiary/aromatic N) is 5. The van der Waals surface area contributed by atoms with Crippen LogP contribution in [0.2, 0.25) is 0 Å². The molecule has 0 amide bonds. The fraction of sp³-hybridized carbons (Fsp3) is 0. The van der Waals surface area contributed by atoms with Crippen molar-refractivity contribution in [3.8, 4) is 5.82 Å². The quantitative estimate of drug-likeness (QED) is 0.604. The van der Waals surface area contributed by atoms with E-state index in [9.17, 15) is 0 Å². The summed E-state index contributed by atoms with van der Waals surface area (Å²) in [6.45, 7) is 0. The van der Waals surface area contributed by atoms with Crippen molar-refractivity contribution in [3.63, 3.8) is 0 Å². The molecule has 0 saturated carbocycles. The fourth-order valence-electron chi connectivity index (χ4n) is 2.38. The van der Waals surface area contributed by atoms with Crippen LogP contribution in [-0.2, 0) is 0 Å². The molecule has 0 aliphatic heterocycles. The van der Waals surface area contributed by atoms with Crippen LogP contribution >= 0.6 is 0 Å². The molecule has 4 aromatic rings. The maximum atomic E-state index is 6.26. The number of hydrogen-bond acceptors (Lipinski definition) is 6. The summed E-state index contributed by atoms with van der Waals surface area (Å²) in [5, 5.41) is 3.17. The van der Waals surface area contributed by atoms with E-state index in [2.05, 4.69) is 25.3 Å². The van der Waals surface area contributed by atoms with Crippen LogP contribution in [0.1, 0.15) is 0 Å². The van der Waals surface area contributed by atoms with Gasteiger partial charge in [-0.3, -0.25) is 9.55 Å². The molecule has 7 nitrogen and oxygen atoms in total. The minimum atomic E-state index is 0.451. The Kier molecular flexibility index (Phi) is 3.09. The number of para-hydroxylation sites is 2. The number of anilines is 3. The number of nitrogen functional groups attached to an aromatic ring is 1. The largest absolute Gasteiger partial charge is 0.393 e. The molecule has 23 heavy (non-hydrogen) atoms. The zero-order chi connectivity index (χ0) is 15.6. The molecule has 4 rings (SSSR count). The van der Waals surface area contributed by atoms with Crippen LogP contribution in [0.25, 0.3) is 16.9 Å². The van der Waals surface area contributed by atoms with Crippen molar-refractivity contribution in [2.75, 3.05) is 11.1 Å². The predicted octanol–water partition coefficient (Wildman–Crippen LogP) is 2.54. The summed E-state index contributed by atoms with van der Waals surface area (Å²) in [7, 11) is 0. The van der Waals surface area contributed by atoms with Gasteiger partial charge >= 0.3 is 0 Å². The Morgan fingerprint density at radius 3 is 2.65 bits per heavy atom. The molecule has 3 N–H and O–H groups in total. The lowest BCUT2D eigenvalue weighted by Gasteiger charge is -2.11. The molecule has 3 heterocycles. The van der Waals surface area contributed by atoms with Crippen molar-refractivity contribution in [2.24, 2.45) is 0 Å². The SMILES string of the molecule is Nc1c(Nc2ccncc2)ncnc1-n1cnc2ccccc21. The first-order valence-corrected chi connectivity index (χ1v) is 7.03. The molecule has 1 aromatic carbocycles. The number of fused-ring (bicyclic) bond motifs is 1. The van der Waals surface area contributed by atoms with Crippen LogP contribution in [0, 0.1) is 0 Å². The number of benzene rings is 1. The highest BCUT2D eigenvalue weighted by molar-refractivity contribution is 5.81. The van der Waals surface area contributed by atoms with E-state index in [0.29, 0.717) is 17.3 Å². The Balaban J connectivity index is 1.80. The van der Waals surface area contributed by atoms with Crippen LogP contribution in [0.4, 0.5) is 17.2 Å². The zero-order valence-corrected chi connectivity index (χ0v) is 12.1. The fourth-order valence-corrected chi connectivity index (χ4v) is 2.38. The van der Waals surface area contributed by atoms with E-state index in [0.717, 1.165) is 16.7 Å². The van der Waals surface area contributed by atoms with Gasteiger partial charge in [-0.1, -0.05) is 12.1 Å². The normalized spacial score (nSPS) is 10.8. The summed E-state index contributed by atoms with van der Waals surface area (Å²) in [6.07, 6.45) is 6.58. The van der Waals surface area contributed by atoms with Gasteiger partial charge in [0.1, 0.15) is 18.3 Å². The molecule has 0 fully saturated rings. The molecule has 0 unspecified atom stereocenters. The summed E-state index contributed by atoms with van der Waals surface area (Å²) in [4.78, 5) is 16.9. The second-order valence-corrected chi connectivity index (χ2v) is 4.92. The highest BCUT2D eigenvalue weighted by atomic mass is 15.2. The number of aromatic nitrogens is 5. The van der Waals surface area contributed by atoms with E-state index in [1.165, 1.54) is 6.33 Å². The van der Waals surface area contributed by atoms with Crippen molar-refractivity contribution in [2.45, 2.75) is 0 Å². The van der Waals surface area contributed by atoms with Gasteiger partial charge < -0.3 is 11.1 Å². The topological polar surface area (TPSA) is 94.5 Å². The van der Waals surface area contributed by atoms with Crippen molar-refractivity contribution in [3.05, 3.63) is 61.4 Å². The average molecular weight is 303 g/mol. The molecule has 3 aromatic heterocycles. The van der Waals surface area contributed by atoms with Crippen LogP contribution in [0.5, 0.6) is 0 Å². The van der Waals surface area contributed by atoms with Crippen molar-refractivity contribution in [1.82, 2.24) is 24.5 Å². The van der Waals surface area contributed by atoms with Gasteiger partial charge in [0.25, 0.3) is 0 Å². The Hall–Kier alpha value is -3.48. The Morgan fingerprint density at radius 2 is 1.78 bits per heavy atom. The zero-order valence-electron chi connectivity index (χ0n) is 12.1. The molecule has 0 radical (unpaired) electrons. The van der Waals surface area contributed by atoms with Crippen molar-refractivity contribution in [1.29, 1.82) is 0 Å². The van der Waals surface area contributed by atoms with Crippen LogP contribution in [0.15, 0.2) is 61.4 Å². The summed E-state index contributed by atoms with van der Waals surface area (Å²) >= 11 is 0. The number of pyridine rings is 1. The summed E-state index contributed by atoms with van der Waals surface area (Å²) in [5.74, 6) is 1.13. The smallest absolute Gasteiger partial charge is 0.167 e. The Morgan fingerprint density at radius 1 is 0.957 bits per heavy atom. The van der Waals surface area contributed by atoms with E-state index >= 15 is 0 Å². The molecule has 112 valence electrons. The molecule has 0 bridgehead atoms. The summed E-state index contributed by atoms with van der Waals surface area (Å²) < 4.78 is 1.85. The molecule has 7 heteroatoms. The lowest BCUT2D eigenvalue weighted by atomic mass is 10.3. The molecule has 0 atom stereocenters. The van der Waals surface area contributed by atoms with Gasteiger partial charge in [-0.25, -0.2) is 15.0 Å². The number of hydrogen-bond donors (Lipinski definition) is 2. The van der Waals surface area contributed by atoms with Gasteiger partial charge in [-0.15, -0.1) is 0 Å². The maximum absolute atomic E-state index is 6.26. The highest BCUT2D eigenvalue weighted by Crippen LogP contribution is 2.26. The molecule has 0 saturated heterocycles. The highest BCUT2D eigenvalue weighted by Gasteiger charge is 2.12. The first-order chi connectivity index (χ1) is 11.3. The Labute approximate surface area is 131 Å². The van der Waals surface area contributed by atoms with Crippen molar-refractivity contribution >= 4 is 28.2 Å². The number of imidazole rings is 1. The number of nitrogens with two attached hydrogens (primary N) is 1. The molecule has 0 spiro atoms. The number of rotatable bonds is 3. The van der Waals surface area contributed by atoms with Crippen LogP contribution < -0.4 is 11.1 Å². The van der Waals surface area contributed by atoms with Gasteiger partial charge in [0.2, 0.25) is 0 Å². The molecule has 0 aliphatic rings. The van der Waals surface area contributed by atoms with Gasteiger partial charge in [0, 0.05) is 18.1 Å². The van der Waals surface area contributed by atoms with Crippen LogP contribution in [0.3, 0.4) is 0 Å². The van der Waals surface area contributed by atoms with Gasteiger partial charge in [0.15, 0.2) is 11.6 Å². The van der Waals surface area contributed by atoms with E-state index < -0.39 is 0 Å². The lowest BCUT2D eigenvalue weighted by molar-refractivity contribution is 1.00. The van der Waals surface area contributed by atoms with E-state index in [-0.39, 0.29) is 0 Å². The molecular formula is C16H13N7. The summed E-state index contributed by atoms with van der Waals surface area (Å²) in [5.41, 5.74) is 9.39. The van der Waals surface area contributed by atoms with Crippen LogP contribution in [-0.4, -0.2) is 24.5 Å². The Bertz CT molecular complexity index is 963.